The molecule has 2 nitrogen and oxygen atoms in total. The summed E-state index contributed by atoms with van der Waals surface area (Å²) in [6.45, 7) is 1.81. The van der Waals surface area contributed by atoms with Crippen LogP contribution in [0.4, 0.5) is 4.39 Å². The van der Waals surface area contributed by atoms with Crippen LogP contribution in [0.2, 0.25) is 0 Å². The summed E-state index contributed by atoms with van der Waals surface area (Å²) in [4.78, 5) is 8.10. The lowest BCUT2D eigenvalue weighted by Crippen LogP contribution is -1.87. The fourth-order valence-electron chi connectivity index (χ4n) is 1.21. The molecule has 1 aromatic heterocycles. The van der Waals surface area contributed by atoms with Crippen LogP contribution in [0.3, 0.4) is 0 Å². The molecule has 0 aliphatic carbocycles. The van der Waals surface area contributed by atoms with Crippen LogP contribution in [0, 0.1) is 12.7 Å². The van der Waals surface area contributed by atoms with E-state index in [9.17, 15) is 4.39 Å². The lowest BCUT2D eigenvalue weighted by Gasteiger charge is -2.00. The molecular formula is C11H9FN2. The molecule has 0 aliphatic heterocycles. The maximum absolute atomic E-state index is 12.9. The first-order valence-electron chi connectivity index (χ1n) is 4.30. The van der Waals surface area contributed by atoms with Crippen molar-refractivity contribution in [2.75, 3.05) is 0 Å². The van der Waals surface area contributed by atoms with Crippen LogP contribution in [0.5, 0.6) is 0 Å². The van der Waals surface area contributed by atoms with Gasteiger partial charge in [-0.1, -0.05) is 12.1 Å². The SMILES string of the molecule is Cc1ncc(-c2cccc(F)c2)cn1. The van der Waals surface area contributed by atoms with Crippen molar-refractivity contribution < 1.29 is 4.39 Å². The zero-order valence-corrected chi connectivity index (χ0v) is 7.74. The fourth-order valence-corrected chi connectivity index (χ4v) is 1.21. The van der Waals surface area contributed by atoms with Gasteiger partial charge in [0, 0.05) is 18.0 Å². The molecule has 70 valence electrons. The highest BCUT2D eigenvalue weighted by molar-refractivity contribution is 5.61. The second-order valence-corrected chi connectivity index (χ2v) is 3.03. The van der Waals surface area contributed by atoms with Gasteiger partial charge in [-0.15, -0.1) is 0 Å². The molecule has 1 aromatic carbocycles. The minimum absolute atomic E-state index is 0.247. The Morgan fingerprint density at radius 3 is 2.43 bits per heavy atom. The van der Waals surface area contributed by atoms with Crippen LogP contribution in [0.25, 0.3) is 11.1 Å². The van der Waals surface area contributed by atoms with E-state index < -0.39 is 0 Å². The van der Waals surface area contributed by atoms with Crippen molar-refractivity contribution in [1.29, 1.82) is 0 Å². The highest BCUT2D eigenvalue weighted by atomic mass is 19.1. The second kappa shape index (κ2) is 3.54. The van der Waals surface area contributed by atoms with Gasteiger partial charge >= 0.3 is 0 Å². The summed E-state index contributed by atoms with van der Waals surface area (Å²) >= 11 is 0. The highest BCUT2D eigenvalue weighted by Gasteiger charge is 1.99. The van der Waals surface area contributed by atoms with E-state index >= 15 is 0 Å². The topological polar surface area (TPSA) is 25.8 Å². The van der Waals surface area contributed by atoms with E-state index in [4.69, 9.17) is 0 Å². The van der Waals surface area contributed by atoms with Crippen molar-refractivity contribution in [3.8, 4) is 11.1 Å². The van der Waals surface area contributed by atoms with E-state index in [2.05, 4.69) is 9.97 Å². The van der Waals surface area contributed by atoms with E-state index in [0.717, 1.165) is 11.1 Å². The molecule has 0 N–H and O–H groups in total. The molecule has 2 aromatic rings. The maximum Gasteiger partial charge on any atom is 0.125 e. The van der Waals surface area contributed by atoms with Gasteiger partial charge < -0.3 is 0 Å². The first-order valence-corrected chi connectivity index (χ1v) is 4.30. The van der Waals surface area contributed by atoms with Crippen LogP contribution < -0.4 is 0 Å². The quantitative estimate of drug-likeness (QED) is 0.687. The Hall–Kier alpha value is -1.77. The summed E-state index contributed by atoms with van der Waals surface area (Å²) in [5.74, 6) is 0.466. The molecule has 0 atom stereocenters. The van der Waals surface area contributed by atoms with E-state index in [1.165, 1.54) is 12.1 Å². The van der Waals surface area contributed by atoms with Crippen LogP contribution in [0.1, 0.15) is 5.82 Å². The third kappa shape index (κ3) is 1.76. The third-order valence-corrected chi connectivity index (χ3v) is 1.94. The average Bonchev–Trinajstić information content (AvgIpc) is 2.19. The largest absolute Gasteiger partial charge is 0.241 e. The Bertz CT molecular complexity index is 437. The number of hydrogen-bond donors (Lipinski definition) is 0. The van der Waals surface area contributed by atoms with E-state index in [1.807, 2.05) is 13.0 Å². The Balaban J connectivity index is 2.44. The molecule has 14 heavy (non-hydrogen) atoms. The standard InChI is InChI=1S/C11H9FN2/c1-8-13-6-10(7-14-8)9-3-2-4-11(12)5-9/h2-7H,1H3. The van der Waals surface area contributed by atoms with Crippen LogP contribution in [0.15, 0.2) is 36.7 Å². The maximum atomic E-state index is 12.9. The van der Waals surface area contributed by atoms with Gasteiger partial charge in [0.05, 0.1) is 0 Å². The summed E-state index contributed by atoms with van der Waals surface area (Å²) < 4.78 is 12.9. The molecule has 0 saturated heterocycles. The van der Waals surface area contributed by atoms with Crippen molar-refractivity contribution in [1.82, 2.24) is 9.97 Å². The van der Waals surface area contributed by atoms with Gasteiger partial charge in [0.1, 0.15) is 11.6 Å². The molecule has 0 unspecified atom stereocenters. The summed E-state index contributed by atoms with van der Waals surface area (Å²) in [7, 11) is 0. The predicted molar refractivity (Wildman–Crippen MR) is 52.2 cm³/mol. The monoisotopic (exact) mass is 188 g/mol. The van der Waals surface area contributed by atoms with E-state index in [-0.39, 0.29) is 5.82 Å². The molecule has 0 fully saturated rings. The molecule has 3 heteroatoms. The minimum atomic E-state index is -0.247. The molecular weight excluding hydrogens is 179 g/mol. The molecule has 0 radical (unpaired) electrons. The zero-order chi connectivity index (χ0) is 9.97. The van der Waals surface area contributed by atoms with Gasteiger partial charge in [0.25, 0.3) is 0 Å². The molecule has 2 rings (SSSR count). The third-order valence-electron chi connectivity index (χ3n) is 1.94. The van der Waals surface area contributed by atoms with Crippen molar-refractivity contribution in [2.45, 2.75) is 6.92 Å². The van der Waals surface area contributed by atoms with E-state index in [1.54, 1.807) is 18.5 Å². The first kappa shape index (κ1) is 8.81. The Morgan fingerprint density at radius 2 is 1.79 bits per heavy atom. The average molecular weight is 188 g/mol. The number of benzene rings is 1. The minimum Gasteiger partial charge on any atom is -0.241 e. The fraction of sp³-hybridized carbons (Fsp3) is 0.0909. The Morgan fingerprint density at radius 1 is 1.07 bits per heavy atom. The van der Waals surface area contributed by atoms with Gasteiger partial charge in [-0.3, -0.25) is 0 Å². The summed E-state index contributed by atoms with van der Waals surface area (Å²) in [6.07, 6.45) is 3.38. The number of rotatable bonds is 1. The number of nitrogens with zero attached hydrogens (tertiary/aromatic N) is 2. The Kier molecular flexibility index (Phi) is 2.23. The summed E-state index contributed by atoms with van der Waals surface area (Å²) in [5, 5.41) is 0. The first-order chi connectivity index (χ1) is 6.75. The van der Waals surface area contributed by atoms with Crippen molar-refractivity contribution in [2.24, 2.45) is 0 Å². The van der Waals surface area contributed by atoms with Gasteiger partial charge in [-0.25, -0.2) is 14.4 Å². The number of aromatic nitrogens is 2. The lowest BCUT2D eigenvalue weighted by molar-refractivity contribution is 0.628. The zero-order valence-electron chi connectivity index (χ0n) is 7.74. The highest BCUT2D eigenvalue weighted by Crippen LogP contribution is 2.17. The molecule has 0 bridgehead atoms. The van der Waals surface area contributed by atoms with Gasteiger partial charge in [0.2, 0.25) is 0 Å². The van der Waals surface area contributed by atoms with Gasteiger partial charge in [-0.05, 0) is 24.6 Å². The van der Waals surface area contributed by atoms with Crippen LogP contribution in [-0.2, 0) is 0 Å². The Labute approximate surface area is 81.5 Å². The van der Waals surface area contributed by atoms with Crippen LogP contribution in [-0.4, -0.2) is 9.97 Å². The number of aryl methyl sites for hydroxylation is 1. The molecule has 0 saturated carbocycles. The van der Waals surface area contributed by atoms with Crippen molar-refractivity contribution in [3.63, 3.8) is 0 Å². The second-order valence-electron chi connectivity index (χ2n) is 3.03. The molecule has 0 spiro atoms. The van der Waals surface area contributed by atoms with Crippen molar-refractivity contribution in [3.05, 3.63) is 48.3 Å². The molecule has 0 aliphatic rings. The number of hydrogen-bond acceptors (Lipinski definition) is 2. The molecule has 0 amide bonds. The van der Waals surface area contributed by atoms with Gasteiger partial charge in [-0.2, -0.15) is 0 Å². The van der Waals surface area contributed by atoms with Gasteiger partial charge in [0.15, 0.2) is 0 Å². The predicted octanol–water partition coefficient (Wildman–Crippen LogP) is 2.59. The van der Waals surface area contributed by atoms with Crippen LogP contribution >= 0.6 is 0 Å². The number of halogens is 1. The van der Waals surface area contributed by atoms with Crippen molar-refractivity contribution >= 4 is 0 Å². The smallest absolute Gasteiger partial charge is 0.125 e. The molecule has 1 heterocycles. The lowest BCUT2D eigenvalue weighted by atomic mass is 10.1. The van der Waals surface area contributed by atoms with E-state index in [0.29, 0.717) is 5.82 Å². The summed E-state index contributed by atoms with van der Waals surface area (Å²) in [5.41, 5.74) is 1.63. The normalized spacial score (nSPS) is 10.1. The summed E-state index contributed by atoms with van der Waals surface area (Å²) in [6, 6.07) is 6.38.